The van der Waals surface area contributed by atoms with Gasteiger partial charge >= 0.3 is 23.9 Å². The van der Waals surface area contributed by atoms with E-state index >= 15 is 0 Å². The van der Waals surface area contributed by atoms with Gasteiger partial charge in [-0.15, -0.1) is 0 Å². The highest BCUT2D eigenvalue weighted by molar-refractivity contribution is 5.77. The number of esters is 3. The molecule has 0 bridgehead atoms. The highest BCUT2D eigenvalue weighted by atomic mass is 16.6. The van der Waals surface area contributed by atoms with E-state index in [1.54, 1.807) is 19.9 Å². The van der Waals surface area contributed by atoms with Crippen molar-refractivity contribution in [1.29, 1.82) is 0 Å². The van der Waals surface area contributed by atoms with E-state index < -0.39 is 41.9 Å². The number of carboxylic acids is 1. The number of aliphatic carboxylic acids is 1. The van der Waals surface area contributed by atoms with Crippen LogP contribution in [0, 0.1) is 11.8 Å². The molecule has 0 aliphatic heterocycles. The fourth-order valence-corrected chi connectivity index (χ4v) is 5.29. The second-order valence-electron chi connectivity index (χ2n) is 11.3. The van der Waals surface area contributed by atoms with Crippen LogP contribution in [0.15, 0.2) is 18.2 Å². The number of nitrogens with two attached hydrogens (primary N) is 1. The maximum atomic E-state index is 12.8. The first-order valence-corrected chi connectivity index (χ1v) is 15.3. The highest BCUT2D eigenvalue weighted by Crippen LogP contribution is 2.38. The third-order valence-corrected chi connectivity index (χ3v) is 7.99. The first kappa shape index (κ1) is 34.3. The molecule has 41 heavy (non-hydrogen) atoms. The van der Waals surface area contributed by atoms with Crippen molar-refractivity contribution in [2.75, 3.05) is 0 Å². The van der Waals surface area contributed by atoms with Gasteiger partial charge in [0.2, 0.25) is 0 Å². The van der Waals surface area contributed by atoms with E-state index in [2.05, 4.69) is 0 Å². The van der Waals surface area contributed by atoms with Gasteiger partial charge in [0, 0.05) is 24.7 Å². The van der Waals surface area contributed by atoms with Crippen LogP contribution in [0.4, 0.5) is 0 Å². The molecule has 1 aliphatic carbocycles. The van der Waals surface area contributed by atoms with Crippen molar-refractivity contribution in [2.24, 2.45) is 17.6 Å². The van der Waals surface area contributed by atoms with Crippen LogP contribution in [-0.4, -0.2) is 41.1 Å². The van der Waals surface area contributed by atoms with Crippen LogP contribution in [-0.2, 0) is 23.9 Å². The molecule has 3 N–H and O–H groups in total. The van der Waals surface area contributed by atoms with Crippen molar-refractivity contribution >= 4 is 23.9 Å². The Morgan fingerprint density at radius 3 is 1.98 bits per heavy atom. The van der Waals surface area contributed by atoms with E-state index in [9.17, 15) is 24.3 Å². The van der Waals surface area contributed by atoms with Crippen molar-refractivity contribution in [3.63, 3.8) is 0 Å². The predicted octanol–water partition coefficient (Wildman–Crippen LogP) is 6.30. The summed E-state index contributed by atoms with van der Waals surface area (Å²) in [5.41, 5.74) is 6.67. The molecule has 2 rings (SSSR count). The van der Waals surface area contributed by atoms with Crippen molar-refractivity contribution in [3.8, 4) is 11.5 Å². The summed E-state index contributed by atoms with van der Waals surface area (Å²) in [6.45, 7) is 7.61. The third kappa shape index (κ3) is 11.1. The second kappa shape index (κ2) is 17.8. The lowest BCUT2D eigenvalue weighted by molar-refractivity contribution is -0.157. The molecule has 1 fully saturated rings. The Labute approximate surface area is 244 Å². The van der Waals surface area contributed by atoms with Crippen LogP contribution in [0.2, 0.25) is 0 Å². The molecule has 1 aromatic carbocycles. The van der Waals surface area contributed by atoms with E-state index in [-0.39, 0.29) is 36.2 Å². The fourth-order valence-electron chi connectivity index (χ4n) is 5.29. The number of carbonyl (C=O) groups is 4. The zero-order valence-electron chi connectivity index (χ0n) is 25.2. The van der Waals surface area contributed by atoms with Crippen molar-refractivity contribution < 1.29 is 38.5 Å². The lowest BCUT2D eigenvalue weighted by Gasteiger charge is -2.33. The standard InChI is InChI=1S/C32H49NO8/c1-5-7-10-16-27(34)40-25-19-18-24(20-26(25)41-28(35)17-11-8-6-2)29(30(33)31(36)37)21(3)22(4)39-32(38)23-14-12-9-13-15-23/h18-23,29-30H,5-17,33H2,1-4H3,(H,36,37)/t21?,22?,29?,30-/m0/s1. The summed E-state index contributed by atoms with van der Waals surface area (Å²) in [6.07, 6.45) is 9.51. The largest absolute Gasteiger partial charge is 0.480 e. The first-order valence-electron chi connectivity index (χ1n) is 15.3. The summed E-state index contributed by atoms with van der Waals surface area (Å²) in [6, 6.07) is 3.33. The molecule has 0 saturated heterocycles. The van der Waals surface area contributed by atoms with Gasteiger partial charge in [-0.25, -0.2) is 0 Å². The fraction of sp³-hybridized carbons (Fsp3) is 0.688. The maximum absolute atomic E-state index is 12.8. The van der Waals surface area contributed by atoms with E-state index in [1.165, 1.54) is 12.1 Å². The van der Waals surface area contributed by atoms with Crippen molar-refractivity contribution in [3.05, 3.63) is 23.8 Å². The number of hydrogen-bond acceptors (Lipinski definition) is 8. The Hall–Kier alpha value is -2.94. The third-order valence-electron chi connectivity index (χ3n) is 7.99. The van der Waals surface area contributed by atoms with Gasteiger partial charge in [0.1, 0.15) is 12.1 Å². The van der Waals surface area contributed by atoms with E-state index in [0.29, 0.717) is 18.4 Å². The monoisotopic (exact) mass is 575 g/mol. The van der Waals surface area contributed by atoms with E-state index in [0.717, 1.165) is 57.8 Å². The molecule has 0 radical (unpaired) electrons. The van der Waals surface area contributed by atoms with Crippen LogP contribution in [0.1, 0.15) is 123 Å². The molecule has 230 valence electrons. The first-order chi connectivity index (χ1) is 19.6. The van der Waals surface area contributed by atoms with Gasteiger partial charge < -0.3 is 25.1 Å². The van der Waals surface area contributed by atoms with Crippen LogP contribution in [0.5, 0.6) is 11.5 Å². The van der Waals surface area contributed by atoms with Gasteiger partial charge in [-0.2, -0.15) is 0 Å². The summed E-state index contributed by atoms with van der Waals surface area (Å²) in [5, 5.41) is 9.85. The molecule has 0 aromatic heterocycles. The molecule has 0 spiro atoms. The molecule has 1 aromatic rings. The zero-order chi connectivity index (χ0) is 30.4. The predicted molar refractivity (Wildman–Crippen MR) is 156 cm³/mol. The Morgan fingerprint density at radius 2 is 1.44 bits per heavy atom. The number of hydrogen-bond donors (Lipinski definition) is 2. The summed E-state index contributed by atoms with van der Waals surface area (Å²) in [4.78, 5) is 50.0. The molecule has 9 nitrogen and oxygen atoms in total. The lowest BCUT2D eigenvalue weighted by Crippen LogP contribution is -2.43. The lowest BCUT2D eigenvalue weighted by atomic mass is 9.79. The molecule has 4 atom stereocenters. The summed E-state index contributed by atoms with van der Waals surface area (Å²) < 4.78 is 17.0. The SMILES string of the molecule is CCCCCC(=O)Oc1ccc(C(C(C)C(C)OC(=O)C2CCCCC2)[C@H](N)C(=O)O)cc1OC(=O)CCCCC. The summed E-state index contributed by atoms with van der Waals surface area (Å²) >= 11 is 0. The van der Waals surface area contributed by atoms with Crippen LogP contribution in [0.3, 0.4) is 0 Å². The van der Waals surface area contributed by atoms with Crippen molar-refractivity contribution in [2.45, 2.75) is 129 Å². The number of ether oxygens (including phenoxy) is 3. The molecular weight excluding hydrogens is 526 g/mol. The number of carboxylic acid groups (broad SMARTS) is 1. The average Bonchev–Trinajstić information content (AvgIpc) is 2.95. The Bertz CT molecular complexity index is 1000. The van der Waals surface area contributed by atoms with Gasteiger partial charge in [-0.3, -0.25) is 19.2 Å². The van der Waals surface area contributed by atoms with Gasteiger partial charge in [-0.05, 0) is 50.3 Å². The Balaban J connectivity index is 2.35. The molecular formula is C32H49NO8. The number of benzene rings is 1. The number of carbonyl (C=O) groups excluding carboxylic acids is 3. The maximum Gasteiger partial charge on any atom is 0.321 e. The highest BCUT2D eigenvalue weighted by Gasteiger charge is 2.36. The Kier molecular flexibility index (Phi) is 14.9. The normalized spacial score (nSPS) is 16.7. The molecule has 0 heterocycles. The van der Waals surface area contributed by atoms with Gasteiger partial charge in [0.15, 0.2) is 11.5 Å². The minimum Gasteiger partial charge on any atom is -0.480 e. The number of unbranched alkanes of at least 4 members (excludes halogenated alkanes) is 4. The van der Waals surface area contributed by atoms with Crippen LogP contribution in [0.25, 0.3) is 0 Å². The molecule has 1 aliphatic rings. The van der Waals surface area contributed by atoms with Crippen LogP contribution < -0.4 is 15.2 Å². The molecule has 3 unspecified atom stereocenters. The average molecular weight is 576 g/mol. The number of rotatable bonds is 17. The zero-order valence-corrected chi connectivity index (χ0v) is 25.2. The van der Waals surface area contributed by atoms with Crippen LogP contribution >= 0.6 is 0 Å². The smallest absolute Gasteiger partial charge is 0.321 e. The molecule has 0 amide bonds. The molecule has 1 saturated carbocycles. The van der Waals surface area contributed by atoms with E-state index in [1.807, 2.05) is 13.8 Å². The minimum absolute atomic E-state index is 0.0366. The summed E-state index contributed by atoms with van der Waals surface area (Å²) in [7, 11) is 0. The van der Waals surface area contributed by atoms with Gasteiger partial charge in [0.25, 0.3) is 0 Å². The quantitative estimate of drug-likeness (QED) is 0.124. The van der Waals surface area contributed by atoms with Crippen molar-refractivity contribution in [1.82, 2.24) is 0 Å². The topological polar surface area (TPSA) is 142 Å². The molecule has 9 heteroatoms. The summed E-state index contributed by atoms with van der Waals surface area (Å²) in [5.74, 6) is -3.67. The minimum atomic E-state index is -1.32. The Morgan fingerprint density at radius 1 is 0.878 bits per heavy atom. The van der Waals surface area contributed by atoms with Gasteiger partial charge in [0.05, 0.1) is 5.92 Å². The van der Waals surface area contributed by atoms with E-state index in [4.69, 9.17) is 19.9 Å². The van der Waals surface area contributed by atoms with Gasteiger partial charge in [-0.1, -0.05) is 71.8 Å². The second-order valence-corrected chi connectivity index (χ2v) is 11.3.